The number of halogens is 2. The molecule has 2 nitrogen and oxygen atoms in total. The fraction of sp³-hybridized carbons (Fsp3) is 0.250. The minimum Gasteiger partial charge on any atom is -0.329 e. The highest BCUT2D eigenvalue weighted by Gasteiger charge is 2.01. The quantitative estimate of drug-likeness (QED) is 0.816. The van der Waals surface area contributed by atoms with Gasteiger partial charge in [0.2, 0.25) is 0 Å². The van der Waals surface area contributed by atoms with Crippen LogP contribution in [0.2, 0.25) is 0 Å². The van der Waals surface area contributed by atoms with Crippen molar-refractivity contribution >= 4 is 35.0 Å². The Morgan fingerprint density at radius 2 is 2.08 bits per heavy atom. The third-order valence-electron chi connectivity index (χ3n) is 1.53. The topological polar surface area (TPSA) is 52.0 Å². The van der Waals surface area contributed by atoms with Gasteiger partial charge in [-0.05, 0) is 40.3 Å². The lowest BCUT2D eigenvalue weighted by molar-refractivity contribution is 0.736. The van der Waals surface area contributed by atoms with E-state index in [1.807, 2.05) is 18.2 Å². The van der Waals surface area contributed by atoms with Gasteiger partial charge in [-0.15, -0.1) is 12.4 Å². The molecule has 0 fully saturated rings. The van der Waals surface area contributed by atoms with Crippen LogP contribution in [0.4, 0.5) is 0 Å². The molecule has 0 saturated heterocycles. The monoisotopic (exact) mass is 298 g/mol. The maximum Gasteiger partial charge on any atom is 0.0419 e. The summed E-state index contributed by atoms with van der Waals surface area (Å²) in [6, 6.07) is 8.06. The second kappa shape index (κ2) is 5.75. The van der Waals surface area contributed by atoms with Gasteiger partial charge in [-0.1, -0.05) is 12.1 Å². The van der Waals surface area contributed by atoms with Gasteiger partial charge >= 0.3 is 0 Å². The fourth-order valence-corrected chi connectivity index (χ4v) is 1.44. The standard InChI is InChI=1S/C8H11IN2.ClH/c9-7-3-1-2-6(4-7)8(11)5-10;/h1-4,8H,5,10-11H2;1H/t8-;/m1./s1. The van der Waals surface area contributed by atoms with Crippen LogP contribution in [0.25, 0.3) is 0 Å². The summed E-state index contributed by atoms with van der Waals surface area (Å²) in [6.07, 6.45) is 0. The summed E-state index contributed by atoms with van der Waals surface area (Å²) in [4.78, 5) is 0. The molecule has 0 aliphatic carbocycles. The lowest BCUT2D eigenvalue weighted by Crippen LogP contribution is -2.20. The summed E-state index contributed by atoms with van der Waals surface area (Å²) < 4.78 is 1.20. The Morgan fingerprint density at radius 1 is 1.42 bits per heavy atom. The maximum absolute atomic E-state index is 5.73. The Hall–Kier alpha value is 0.160. The Balaban J connectivity index is 0.00000121. The lowest BCUT2D eigenvalue weighted by atomic mass is 10.1. The Bertz CT molecular complexity index is 242. The van der Waals surface area contributed by atoms with Crippen LogP contribution in [0.15, 0.2) is 24.3 Å². The van der Waals surface area contributed by atoms with E-state index in [0.29, 0.717) is 6.54 Å². The Kier molecular flexibility index (Phi) is 5.82. The van der Waals surface area contributed by atoms with E-state index >= 15 is 0 Å². The smallest absolute Gasteiger partial charge is 0.0419 e. The highest BCUT2D eigenvalue weighted by atomic mass is 127. The lowest BCUT2D eigenvalue weighted by Gasteiger charge is -2.08. The van der Waals surface area contributed by atoms with Crippen molar-refractivity contribution in [1.29, 1.82) is 0 Å². The van der Waals surface area contributed by atoms with Gasteiger partial charge in [-0.3, -0.25) is 0 Å². The Morgan fingerprint density at radius 3 is 2.58 bits per heavy atom. The van der Waals surface area contributed by atoms with Crippen LogP contribution in [0.5, 0.6) is 0 Å². The molecular formula is C8H12ClIN2. The normalized spacial score (nSPS) is 11.9. The van der Waals surface area contributed by atoms with Crippen LogP contribution in [0.3, 0.4) is 0 Å². The zero-order chi connectivity index (χ0) is 8.27. The molecule has 1 rings (SSSR count). The number of rotatable bonds is 2. The van der Waals surface area contributed by atoms with Crippen molar-refractivity contribution < 1.29 is 0 Å². The predicted octanol–water partition coefficient (Wildman–Crippen LogP) is 1.67. The number of nitrogens with two attached hydrogens (primary N) is 2. The molecule has 0 amide bonds. The van der Waals surface area contributed by atoms with Crippen molar-refractivity contribution in [1.82, 2.24) is 0 Å². The summed E-state index contributed by atoms with van der Waals surface area (Å²) in [6.45, 7) is 0.500. The van der Waals surface area contributed by atoms with Crippen LogP contribution >= 0.6 is 35.0 Å². The summed E-state index contributed by atoms with van der Waals surface area (Å²) in [5.74, 6) is 0. The van der Waals surface area contributed by atoms with E-state index in [2.05, 4.69) is 28.7 Å². The van der Waals surface area contributed by atoms with Crippen molar-refractivity contribution in [3.8, 4) is 0 Å². The van der Waals surface area contributed by atoms with E-state index in [9.17, 15) is 0 Å². The molecule has 0 saturated carbocycles. The average Bonchev–Trinajstić information content (AvgIpc) is 2.03. The van der Waals surface area contributed by atoms with E-state index < -0.39 is 0 Å². The first-order chi connectivity index (χ1) is 5.24. The van der Waals surface area contributed by atoms with Crippen LogP contribution in [-0.2, 0) is 0 Å². The summed E-state index contributed by atoms with van der Waals surface area (Å²) >= 11 is 2.26. The predicted molar refractivity (Wildman–Crippen MR) is 62.4 cm³/mol. The number of hydrogen-bond donors (Lipinski definition) is 2. The molecule has 68 valence electrons. The van der Waals surface area contributed by atoms with Crippen LogP contribution in [-0.4, -0.2) is 6.54 Å². The molecule has 1 atom stereocenters. The first-order valence-corrected chi connectivity index (χ1v) is 4.53. The third-order valence-corrected chi connectivity index (χ3v) is 2.20. The van der Waals surface area contributed by atoms with Gasteiger partial charge in [0.15, 0.2) is 0 Å². The molecule has 0 aliphatic rings. The summed E-state index contributed by atoms with van der Waals surface area (Å²) in [5, 5.41) is 0. The van der Waals surface area contributed by atoms with Crippen molar-refractivity contribution in [2.24, 2.45) is 11.5 Å². The molecule has 0 unspecified atom stereocenters. The van der Waals surface area contributed by atoms with Gasteiger partial charge in [-0.25, -0.2) is 0 Å². The Labute approximate surface area is 92.3 Å². The molecule has 1 aromatic rings. The van der Waals surface area contributed by atoms with Crippen molar-refractivity contribution in [3.63, 3.8) is 0 Å². The first-order valence-electron chi connectivity index (χ1n) is 3.45. The minimum atomic E-state index is -0.0234. The van der Waals surface area contributed by atoms with Crippen molar-refractivity contribution in [3.05, 3.63) is 33.4 Å². The molecule has 4 heteroatoms. The minimum absolute atomic E-state index is 0. The molecule has 0 radical (unpaired) electrons. The zero-order valence-electron chi connectivity index (χ0n) is 6.53. The molecule has 0 aliphatic heterocycles. The van der Waals surface area contributed by atoms with Crippen LogP contribution < -0.4 is 11.5 Å². The van der Waals surface area contributed by atoms with E-state index in [4.69, 9.17) is 11.5 Å². The SMILES string of the molecule is Cl.NC[C@@H](N)c1cccc(I)c1. The molecule has 0 spiro atoms. The molecular weight excluding hydrogens is 286 g/mol. The van der Waals surface area contributed by atoms with E-state index in [1.54, 1.807) is 0 Å². The molecule has 0 aromatic heterocycles. The second-order valence-electron chi connectivity index (χ2n) is 2.40. The van der Waals surface area contributed by atoms with Crippen molar-refractivity contribution in [2.45, 2.75) is 6.04 Å². The highest BCUT2D eigenvalue weighted by molar-refractivity contribution is 14.1. The molecule has 1 aromatic carbocycles. The third kappa shape index (κ3) is 3.26. The van der Waals surface area contributed by atoms with Crippen LogP contribution in [0, 0.1) is 3.57 Å². The molecule has 0 bridgehead atoms. The van der Waals surface area contributed by atoms with E-state index in [-0.39, 0.29) is 18.4 Å². The number of benzene rings is 1. The fourth-order valence-electron chi connectivity index (χ4n) is 0.873. The van der Waals surface area contributed by atoms with Crippen LogP contribution in [0.1, 0.15) is 11.6 Å². The van der Waals surface area contributed by atoms with Gasteiger partial charge < -0.3 is 11.5 Å². The van der Waals surface area contributed by atoms with Gasteiger partial charge in [0.25, 0.3) is 0 Å². The average molecular weight is 299 g/mol. The van der Waals surface area contributed by atoms with Gasteiger partial charge in [0.1, 0.15) is 0 Å². The summed E-state index contributed by atoms with van der Waals surface area (Å²) in [7, 11) is 0. The largest absolute Gasteiger partial charge is 0.329 e. The van der Waals surface area contributed by atoms with E-state index in [1.165, 1.54) is 3.57 Å². The zero-order valence-corrected chi connectivity index (χ0v) is 9.51. The van der Waals surface area contributed by atoms with Gasteiger partial charge in [-0.2, -0.15) is 0 Å². The van der Waals surface area contributed by atoms with Gasteiger partial charge in [0, 0.05) is 16.2 Å². The maximum atomic E-state index is 5.73. The highest BCUT2D eigenvalue weighted by Crippen LogP contribution is 2.12. The second-order valence-corrected chi connectivity index (χ2v) is 3.64. The first kappa shape index (κ1) is 12.2. The van der Waals surface area contributed by atoms with E-state index in [0.717, 1.165) is 5.56 Å². The summed E-state index contributed by atoms with van der Waals surface area (Å²) in [5.41, 5.74) is 12.3. The van der Waals surface area contributed by atoms with Gasteiger partial charge in [0.05, 0.1) is 0 Å². The molecule has 12 heavy (non-hydrogen) atoms. The number of hydrogen-bond acceptors (Lipinski definition) is 2. The molecule has 4 N–H and O–H groups in total. The van der Waals surface area contributed by atoms with Crippen molar-refractivity contribution in [2.75, 3.05) is 6.54 Å². The molecule has 0 heterocycles.